The first-order valence-corrected chi connectivity index (χ1v) is 8.42. The highest BCUT2D eigenvalue weighted by Crippen LogP contribution is 2.33. The summed E-state index contributed by atoms with van der Waals surface area (Å²) in [5.74, 6) is 1.05. The molecule has 3 heteroatoms. The number of hydrogen-bond acceptors (Lipinski definition) is 2. The van der Waals surface area contributed by atoms with Gasteiger partial charge in [-0.25, -0.2) is 0 Å². The third-order valence-electron chi connectivity index (χ3n) is 5.67. The molecule has 3 heterocycles. The van der Waals surface area contributed by atoms with Gasteiger partial charge in [0.15, 0.2) is 0 Å². The Bertz CT molecular complexity index is 534. The number of rotatable bonds is 2. The van der Waals surface area contributed by atoms with Crippen LogP contribution in [-0.2, 0) is 11.2 Å². The molecule has 5 rings (SSSR count). The number of carbonyl (C=O) groups excluding carboxylic acids is 1. The van der Waals surface area contributed by atoms with E-state index >= 15 is 0 Å². The van der Waals surface area contributed by atoms with Crippen LogP contribution in [0.15, 0.2) is 24.3 Å². The van der Waals surface area contributed by atoms with Crippen molar-refractivity contribution in [3.05, 3.63) is 35.4 Å². The number of fused-ring (bicyclic) bond motifs is 4. The summed E-state index contributed by atoms with van der Waals surface area (Å²) in [6, 6.07) is 8.87. The van der Waals surface area contributed by atoms with E-state index in [1.807, 2.05) is 0 Å². The largest absolute Gasteiger partial charge is 0.351 e. The van der Waals surface area contributed by atoms with Gasteiger partial charge in [-0.15, -0.1) is 0 Å². The van der Waals surface area contributed by atoms with Crippen molar-refractivity contribution >= 4 is 5.91 Å². The molecular weight excluding hydrogens is 260 g/mol. The van der Waals surface area contributed by atoms with Crippen molar-refractivity contribution < 1.29 is 4.79 Å². The topological polar surface area (TPSA) is 32.3 Å². The summed E-state index contributed by atoms with van der Waals surface area (Å²) >= 11 is 0. The van der Waals surface area contributed by atoms with Crippen LogP contribution in [0.1, 0.15) is 42.7 Å². The van der Waals surface area contributed by atoms with Crippen molar-refractivity contribution in [3.63, 3.8) is 0 Å². The van der Waals surface area contributed by atoms with Gasteiger partial charge in [-0.05, 0) is 62.2 Å². The number of benzene rings is 1. The third-order valence-corrected chi connectivity index (χ3v) is 5.67. The second-order valence-electron chi connectivity index (χ2n) is 6.90. The standard InChI is InChI=1S/C18H24N2O/c21-18(19-17-12-20-10-8-14(17)9-11-20)16-7-3-5-13-4-1-2-6-15(13)16/h1-2,4,6,14,16-17H,3,5,7-12H2,(H,19,21)/t16-,17?/m0/s1. The van der Waals surface area contributed by atoms with E-state index in [0.717, 1.165) is 25.8 Å². The minimum Gasteiger partial charge on any atom is -0.351 e. The maximum Gasteiger partial charge on any atom is 0.227 e. The molecule has 0 radical (unpaired) electrons. The second kappa shape index (κ2) is 5.45. The van der Waals surface area contributed by atoms with Crippen LogP contribution in [0.3, 0.4) is 0 Å². The number of carbonyl (C=O) groups is 1. The molecule has 3 aliphatic heterocycles. The van der Waals surface area contributed by atoms with E-state index in [1.165, 1.54) is 37.1 Å². The van der Waals surface area contributed by atoms with E-state index < -0.39 is 0 Å². The predicted octanol–water partition coefficient (Wildman–Crippen LogP) is 2.32. The fraction of sp³-hybridized carbons (Fsp3) is 0.611. The Labute approximate surface area is 126 Å². The summed E-state index contributed by atoms with van der Waals surface area (Å²) in [6.07, 6.45) is 5.78. The van der Waals surface area contributed by atoms with Crippen molar-refractivity contribution in [1.29, 1.82) is 0 Å². The molecule has 0 aromatic heterocycles. The zero-order valence-electron chi connectivity index (χ0n) is 12.6. The van der Waals surface area contributed by atoms with Crippen LogP contribution in [0.4, 0.5) is 0 Å². The van der Waals surface area contributed by atoms with E-state index in [4.69, 9.17) is 0 Å². The molecule has 0 saturated carbocycles. The third kappa shape index (κ3) is 2.48. The van der Waals surface area contributed by atoms with Gasteiger partial charge in [-0.2, -0.15) is 0 Å². The van der Waals surface area contributed by atoms with Gasteiger partial charge in [0, 0.05) is 12.6 Å². The first-order chi connectivity index (χ1) is 10.3. The highest BCUT2D eigenvalue weighted by molar-refractivity contribution is 5.84. The Hall–Kier alpha value is -1.35. The summed E-state index contributed by atoms with van der Waals surface area (Å²) in [7, 11) is 0. The van der Waals surface area contributed by atoms with Crippen molar-refractivity contribution in [2.24, 2.45) is 5.92 Å². The average Bonchev–Trinajstić information content (AvgIpc) is 2.55. The van der Waals surface area contributed by atoms with E-state index in [9.17, 15) is 4.79 Å². The molecular formula is C18H24N2O. The molecule has 3 fully saturated rings. The number of amides is 1. The minimum atomic E-state index is 0.0744. The maximum atomic E-state index is 12.8. The first-order valence-electron chi connectivity index (χ1n) is 8.42. The first kappa shape index (κ1) is 13.3. The lowest BCUT2D eigenvalue weighted by molar-refractivity contribution is -0.125. The molecule has 1 amide bonds. The summed E-state index contributed by atoms with van der Waals surface area (Å²) in [4.78, 5) is 15.3. The lowest BCUT2D eigenvalue weighted by Crippen LogP contribution is -2.57. The van der Waals surface area contributed by atoms with Gasteiger partial charge in [-0.1, -0.05) is 24.3 Å². The van der Waals surface area contributed by atoms with Gasteiger partial charge < -0.3 is 10.2 Å². The van der Waals surface area contributed by atoms with Crippen LogP contribution in [0.2, 0.25) is 0 Å². The number of hydrogen-bond donors (Lipinski definition) is 1. The highest BCUT2D eigenvalue weighted by Gasteiger charge is 2.36. The highest BCUT2D eigenvalue weighted by atomic mass is 16.2. The monoisotopic (exact) mass is 284 g/mol. The number of piperidine rings is 3. The molecule has 2 bridgehead atoms. The Balaban J connectivity index is 1.49. The van der Waals surface area contributed by atoms with Crippen molar-refractivity contribution in [2.75, 3.05) is 19.6 Å². The molecule has 1 aromatic rings. The summed E-state index contributed by atoms with van der Waals surface area (Å²) < 4.78 is 0. The quantitative estimate of drug-likeness (QED) is 0.904. The molecule has 3 nitrogen and oxygen atoms in total. The van der Waals surface area contributed by atoms with Gasteiger partial charge in [-0.3, -0.25) is 4.79 Å². The number of aryl methyl sites for hydroxylation is 1. The van der Waals surface area contributed by atoms with Crippen molar-refractivity contribution in [1.82, 2.24) is 10.2 Å². The lowest BCUT2D eigenvalue weighted by atomic mass is 9.80. The molecule has 1 unspecified atom stereocenters. The summed E-state index contributed by atoms with van der Waals surface area (Å²) in [5, 5.41) is 3.38. The molecule has 2 atom stereocenters. The van der Waals surface area contributed by atoms with Crippen LogP contribution in [0.5, 0.6) is 0 Å². The van der Waals surface area contributed by atoms with E-state index in [2.05, 4.69) is 34.5 Å². The lowest BCUT2D eigenvalue weighted by Gasteiger charge is -2.45. The molecule has 0 spiro atoms. The second-order valence-corrected chi connectivity index (χ2v) is 6.90. The van der Waals surface area contributed by atoms with Crippen molar-refractivity contribution in [2.45, 2.75) is 44.1 Å². The Morgan fingerprint density at radius 2 is 1.95 bits per heavy atom. The van der Waals surface area contributed by atoms with Gasteiger partial charge in [0.05, 0.1) is 5.92 Å². The van der Waals surface area contributed by atoms with E-state index in [1.54, 1.807) is 0 Å². The van der Waals surface area contributed by atoms with Crippen molar-refractivity contribution in [3.8, 4) is 0 Å². The number of nitrogens with zero attached hydrogens (tertiary/aromatic N) is 1. The van der Waals surface area contributed by atoms with Gasteiger partial charge in [0.2, 0.25) is 5.91 Å². The SMILES string of the molecule is O=C(NC1CN2CCC1CC2)[C@H]1CCCc2ccccc21. The van der Waals surface area contributed by atoms with Crippen LogP contribution < -0.4 is 5.32 Å². The van der Waals surface area contributed by atoms with Crippen LogP contribution in [0, 0.1) is 5.92 Å². The van der Waals surface area contributed by atoms with Gasteiger partial charge >= 0.3 is 0 Å². The minimum absolute atomic E-state index is 0.0744. The molecule has 3 saturated heterocycles. The van der Waals surface area contributed by atoms with E-state index in [0.29, 0.717) is 12.0 Å². The van der Waals surface area contributed by atoms with E-state index in [-0.39, 0.29) is 11.8 Å². The predicted molar refractivity (Wildman–Crippen MR) is 83.2 cm³/mol. The number of nitrogens with one attached hydrogen (secondary N) is 1. The Morgan fingerprint density at radius 1 is 1.14 bits per heavy atom. The average molecular weight is 284 g/mol. The fourth-order valence-electron chi connectivity index (χ4n) is 4.44. The van der Waals surface area contributed by atoms with Crippen LogP contribution in [0.25, 0.3) is 0 Å². The smallest absolute Gasteiger partial charge is 0.227 e. The Kier molecular flexibility index (Phi) is 3.46. The van der Waals surface area contributed by atoms with Gasteiger partial charge in [0.1, 0.15) is 0 Å². The zero-order chi connectivity index (χ0) is 14.2. The summed E-state index contributed by atoms with van der Waals surface area (Å²) in [6.45, 7) is 3.51. The normalized spacial score (nSPS) is 34.3. The molecule has 1 aliphatic carbocycles. The zero-order valence-corrected chi connectivity index (χ0v) is 12.6. The maximum absolute atomic E-state index is 12.8. The van der Waals surface area contributed by atoms with Crippen LogP contribution in [-0.4, -0.2) is 36.5 Å². The molecule has 1 N–H and O–H groups in total. The fourth-order valence-corrected chi connectivity index (χ4v) is 4.44. The summed E-state index contributed by atoms with van der Waals surface area (Å²) in [5.41, 5.74) is 2.64. The van der Waals surface area contributed by atoms with Crippen LogP contribution >= 0.6 is 0 Å². The Morgan fingerprint density at radius 3 is 2.71 bits per heavy atom. The molecule has 112 valence electrons. The molecule has 21 heavy (non-hydrogen) atoms. The van der Waals surface area contributed by atoms with Gasteiger partial charge in [0.25, 0.3) is 0 Å². The molecule has 4 aliphatic rings. The molecule has 1 aromatic carbocycles.